The van der Waals surface area contributed by atoms with Gasteiger partial charge in [0.2, 0.25) is 0 Å². The van der Waals surface area contributed by atoms with Crippen molar-refractivity contribution in [1.29, 1.82) is 0 Å². The highest BCUT2D eigenvalue weighted by Gasteiger charge is 2.47. The normalized spacial score (nSPS) is 25.8. The summed E-state index contributed by atoms with van der Waals surface area (Å²) < 4.78 is 15.9. The predicted octanol–water partition coefficient (Wildman–Crippen LogP) is 3.11. The summed E-state index contributed by atoms with van der Waals surface area (Å²) >= 11 is 6.12. The van der Waals surface area contributed by atoms with E-state index in [1.54, 1.807) is 44.9 Å². The molecule has 2 aromatic heterocycles. The van der Waals surface area contributed by atoms with Crippen LogP contribution in [-0.2, 0) is 4.79 Å². The molecule has 1 aromatic carbocycles. The number of likely N-dealkylation sites (tertiary alicyclic amines) is 2. The molecule has 0 bridgehead atoms. The second-order valence-corrected chi connectivity index (χ2v) is 9.48. The minimum Gasteiger partial charge on any atom is -0.380 e. The number of carbonyl (C=O) groups excluding carboxylic acids is 2. The van der Waals surface area contributed by atoms with Gasteiger partial charge in [-0.15, -0.1) is 0 Å². The summed E-state index contributed by atoms with van der Waals surface area (Å²) in [6.07, 6.45) is 5.95. The van der Waals surface area contributed by atoms with Crippen molar-refractivity contribution in [2.75, 3.05) is 19.6 Å². The number of fused-ring (bicyclic) bond motifs is 1. The molecule has 33 heavy (non-hydrogen) atoms. The van der Waals surface area contributed by atoms with Gasteiger partial charge in [-0.25, -0.2) is 9.37 Å². The average Bonchev–Trinajstić information content (AvgIpc) is 3.36. The van der Waals surface area contributed by atoms with Crippen molar-refractivity contribution in [1.82, 2.24) is 19.2 Å². The van der Waals surface area contributed by atoms with Crippen molar-refractivity contribution in [3.63, 3.8) is 0 Å². The third-order valence-corrected chi connectivity index (χ3v) is 7.04. The Balaban J connectivity index is 1.49. The van der Waals surface area contributed by atoms with Crippen LogP contribution in [0.5, 0.6) is 0 Å². The van der Waals surface area contributed by atoms with Gasteiger partial charge in [-0.3, -0.25) is 9.59 Å². The first kappa shape index (κ1) is 21.9. The van der Waals surface area contributed by atoms with E-state index in [0.29, 0.717) is 42.6 Å². The molecular formula is C24H24ClFN4O3. The van der Waals surface area contributed by atoms with E-state index < -0.39 is 17.5 Å². The number of imidazole rings is 1. The number of rotatable bonds is 3. The average molecular weight is 471 g/mol. The lowest BCUT2D eigenvalue weighted by atomic mass is 9.84. The number of nitrogens with zero attached hydrogens (tertiary/aromatic N) is 4. The van der Waals surface area contributed by atoms with Crippen molar-refractivity contribution in [3.8, 4) is 0 Å². The molecule has 3 atom stereocenters. The zero-order valence-corrected chi connectivity index (χ0v) is 18.9. The minimum absolute atomic E-state index is 0.153. The van der Waals surface area contributed by atoms with E-state index in [4.69, 9.17) is 11.6 Å². The number of carbonyl (C=O) groups is 2. The molecule has 0 aliphatic carbocycles. The van der Waals surface area contributed by atoms with Crippen molar-refractivity contribution >= 4 is 28.9 Å². The molecule has 2 aliphatic rings. The molecule has 0 spiro atoms. The van der Waals surface area contributed by atoms with Gasteiger partial charge in [-0.2, -0.15) is 0 Å². The fourth-order valence-corrected chi connectivity index (χ4v) is 5.31. The standard InChI is InChI=1S/C24H24ClFN4O3/c1-24(33)5-8-30(23(24)32)21-13-28(7-4-18(21)15-9-16(25)11-17(26)10-15)22(31)19-3-2-6-29-14-27-12-20(19)29/h2-3,6,9-12,14,18,21,33H,4-5,7-8,13H2,1H3/t18-,21+,24?/m0/s1. The Morgan fingerprint density at radius 1 is 1.30 bits per heavy atom. The summed E-state index contributed by atoms with van der Waals surface area (Å²) in [5, 5.41) is 10.8. The Kier molecular flexibility index (Phi) is 5.37. The number of aromatic nitrogens is 2. The third kappa shape index (κ3) is 3.87. The SMILES string of the molecule is CC1(O)CCN([C@@H]2CN(C(=O)c3cccn4cncc34)CC[C@H]2c2cc(F)cc(Cl)c2)C1=O. The van der Waals surface area contributed by atoms with Gasteiger partial charge >= 0.3 is 0 Å². The van der Waals surface area contributed by atoms with Crippen LogP contribution in [0, 0.1) is 5.82 Å². The number of piperidine rings is 1. The van der Waals surface area contributed by atoms with Gasteiger partial charge in [0.1, 0.15) is 11.4 Å². The molecule has 1 N–H and O–H groups in total. The van der Waals surface area contributed by atoms with Crippen LogP contribution in [-0.4, -0.2) is 67.4 Å². The van der Waals surface area contributed by atoms with Gasteiger partial charge < -0.3 is 19.3 Å². The Labute approximate surface area is 195 Å². The van der Waals surface area contributed by atoms with E-state index in [0.717, 1.165) is 0 Å². The predicted molar refractivity (Wildman–Crippen MR) is 121 cm³/mol. The second-order valence-electron chi connectivity index (χ2n) is 9.05. The smallest absolute Gasteiger partial charge is 0.256 e. The van der Waals surface area contributed by atoms with E-state index in [1.165, 1.54) is 19.1 Å². The first-order chi connectivity index (χ1) is 15.7. The van der Waals surface area contributed by atoms with Crippen LogP contribution in [0.2, 0.25) is 5.02 Å². The molecule has 3 aromatic rings. The van der Waals surface area contributed by atoms with Crippen LogP contribution in [0.15, 0.2) is 49.1 Å². The maximum Gasteiger partial charge on any atom is 0.256 e. The number of hydrogen-bond acceptors (Lipinski definition) is 4. The first-order valence-corrected chi connectivity index (χ1v) is 11.3. The number of halogens is 2. The van der Waals surface area contributed by atoms with Crippen molar-refractivity contribution < 1.29 is 19.1 Å². The molecule has 172 valence electrons. The second kappa shape index (κ2) is 8.11. The molecule has 0 saturated carbocycles. The van der Waals surface area contributed by atoms with Crippen LogP contribution in [0.25, 0.3) is 5.52 Å². The highest BCUT2D eigenvalue weighted by molar-refractivity contribution is 6.30. The van der Waals surface area contributed by atoms with Gasteiger partial charge in [0.15, 0.2) is 0 Å². The fourth-order valence-electron chi connectivity index (χ4n) is 5.08. The Hall–Kier alpha value is -2.97. The van der Waals surface area contributed by atoms with E-state index in [-0.39, 0.29) is 29.3 Å². The molecule has 4 heterocycles. The zero-order valence-electron chi connectivity index (χ0n) is 18.1. The monoisotopic (exact) mass is 470 g/mol. The number of pyridine rings is 1. The molecule has 5 rings (SSSR count). The number of amides is 2. The van der Waals surface area contributed by atoms with Crippen LogP contribution >= 0.6 is 11.6 Å². The molecule has 2 fully saturated rings. The third-order valence-electron chi connectivity index (χ3n) is 6.83. The molecule has 2 aliphatic heterocycles. The maximum absolute atomic E-state index is 14.2. The Bertz CT molecular complexity index is 1220. The van der Waals surface area contributed by atoms with Gasteiger partial charge in [0, 0.05) is 43.2 Å². The summed E-state index contributed by atoms with van der Waals surface area (Å²) in [5.74, 6) is -1.18. The van der Waals surface area contributed by atoms with Crippen LogP contribution < -0.4 is 0 Å². The van der Waals surface area contributed by atoms with E-state index in [2.05, 4.69) is 4.98 Å². The van der Waals surface area contributed by atoms with E-state index >= 15 is 0 Å². The first-order valence-electron chi connectivity index (χ1n) is 10.9. The molecule has 2 saturated heterocycles. The summed E-state index contributed by atoms with van der Waals surface area (Å²) in [6, 6.07) is 7.54. The number of aliphatic hydroxyl groups is 1. The lowest BCUT2D eigenvalue weighted by Crippen LogP contribution is -2.55. The summed E-state index contributed by atoms with van der Waals surface area (Å²) in [6.45, 7) is 2.60. The summed E-state index contributed by atoms with van der Waals surface area (Å²) in [5.41, 5.74) is 0.480. The van der Waals surface area contributed by atoms with Crippen LogP contribution in [0.4, 0.5) is 4.39 Å². The minimum atomic E-state index is -1.44. The van der Waals surface area contributed by atoms with E-state index in [9.17, 15) is 19.1 Å². The van der Waals surface area contributed by atoms with E-state index in [1.807, 2.05) is 6.20 Å². The van der Waals surface area contributed by atoms with Crippen molar-refractivity contribution in [3.05, 3.63) is 71.0 Å². The zero-order chi connectivity index (χ0) is 23.3. The number of benzene rings is 1. The Morgan fingerprint density at radius 2 is 2.12 bits per heavy atom. The van der Waals surface area contributed by atoms with Gasteiger partial charge in [-0.05, 0) is 49.2 Å². The lowest BCUT2D eigenvalue weighted by molar-refractivity contribution is -0.144. The highest BCUT2D eigenvalue weighted by Crippen LogP contribution is 2.37. The number of hydrogen-bond donors (Lipinski definition) is 1. The van der Waals surface area contributed by atoms with Gasteiger partial charge in [-0.1, -0.05) is 11.6 Å². The Morgan fingerprint density at radius 3 is 2.85 bits per heavy atom. The van der Waals surface area contributed by atoms with Gasteiger partial charge in [0.05, 0.1) is 29.6 Å². The quantitative estimate of drug-likeness (QED) is 0.638. The summed E-state index contributed by atoms with van der Waals surface area (Å²) in [7, 11) is 0. The largest absolute Gasteiger partial charge is 0.380 e. The molecule has 1 unspecified atom stereocenters. The van der Waals surface area contributed by atoms with Crippen LogP contribution in [0.1, 0.15) is 41.6 Å². The van der Waals surface area contributed by atoms with Gasteiger partial charge in [0.25, 0.3) is 11.8 Å². The molecule has 0 radical (unpaired) electrons. The topological polar surface area (TPSA) is 78.2 Å². The highest BCUT2D eigenvalue weighted by atomic mass is 35.5. The summed E-state index contributed by atoms with van der Waals surface area (Å²) in [4.78, 5) is 34.0. The van der Waals surface area contributed by atoms with Crippen LogP contribution in [0.3, 0.4) is 0 Å². The molecular weight excluding hydrogens is 447 g/mol. The van der Waals surface area contributed by atoms with Crippen molar-refractivity contribution in [2.24, 2.45) is 0 Å². The fraction of sp³-hybridized carbons (Fsp3) is 0.375. The molecule has 9 heteroatoms. The maximum atomic E-state index is 14.2. The molecule has 2 amide bonds. The lowest BCUT2D eigenvalue weighted by Gasteiger charge is -2.43. The van der Waals surface area contributed by atoms with Crippen molar-refractivity contribution in [2.45, 2.75) is 37.3 Å². The molecule has 7 nitrogen and oxygen atoms in total.